The fourth-order valence-electron chi connectivity index (χ4n) is 1.60. The monoisotopic (exact) mass is 309 g/mol. The van der Waals surface area contributed by atoms with Gasteiger partial charge in [-0.3, -0.25) is 0 Å². The molecule has 17 heavy (non-hydrogen) atoms. The van der Waals surface area contributed by atoms with Crippen LogP contribution >= 0.6 is 37.2 Å². The minimum Gasteiger partial charge on any atom is -0.330 e. The average molecular weight is 311 g/mol. The lowest BCUT2D eigenvalue weighted by Gasteiger charge is -2.10. The summed E-state index contributed by atoms with van der Waals surface area (Å²) in [7, 11) is 0. The Balaban J connectivity index is -0.000000282. The smallest absolute Gasteiger partial charge is 0.00388 e. The molecule has 0 aromatic rings. The Bertz CT molecular complexity index is 106. The van der Waals surface area contributed by atoms with E-state index in [9.17, 15) is 0 Å². The van der Waals surface area contributed by atoms with E-state index in [0.717, 1.165) is 38.8 Å². The molecule has 0 atom stereocenters. The first kappa shape index (κ1) is 26.3. The van der Waals surface area contributed by atoms with E-state index in [1.807, 2.05) is 0 Å². The van der Waals surface area contributed by atoms with E-state index in [-0.39, 0.29) is 37.2 Å². The van der Waals surface area contributed by atoms with Crippen molar-refractivity contribution < 1.29 is 0 Å². The van der Waals surface area contributed by atoms with E-state index in [1.165, 1.54) is 25.7 Å². The Morgan fingerprint density at radius 2 is 0.941 bits per heavy atom. The Kier molecular flexibility index (Phi) is 34.1. The van der Waals surface area contributed by atoms with Crippen molar-refractivity contribution in [1.82, 2.24) is 0 Å². The summed E-state index contributed by atoms with van der Waals surface area (Å²) in [6.07, 6.45) is 9.51. The number of nitrogens with two attached hydrogens (primary N) is 3. The van der Waals surface area contributed by atoms with Crippen LogP contribution in [0.5, 0.6) is 0 Å². The first-order chi connectivity index (χ1) is 6.81. The molecule has 0 spiro atoms. The Morgan fingerprint density at radius 1 is 0.588 bits per heavy atom. The van der Waals surface area contributed by atoms with Crippen LogP contribution in [0.3, 0.4) is 0 Å². The molecule has 0 amide bonds. The highest BCUT2D eigenvalue weighted by atomic mass is 35.5. The molecule has 0 aromatic carbocycles. The van der Waals surface area contributed by atoms with E-state index < -0.39 is 0 Å². The minimum atomic E-state index is 0. The number of rotatable bonds is 10. The van der Waals surface area contributed by atoms with Crippen molar-refractivity contribution in [2.24, 2.45) is 17.2 Å². The third-order valence-electron chi connectivity index (χ3n) is 2.56. The molecule has 0 heterocycles. The largest absolute Gasteiger partial charge is 0.330 e. The van der Waals surface area contributed by atoms with Gasteiger partial charge in [0.15, 0.2) is 0 Å². The predicted octanol–water partition coefficient (Wildman–Crippen LogP) is 2.62. The van der Waals surface area contributed by atoms with E-state index in [0.29, 0.717) is 6.04 Å². The van der Waals surface area contributed by atoms with Crippen molar-refractivity contribution in [2.75, 3.05) is 13.1 Å². The molecule has 0 fully saturated rings. The summed E-state index contributed by atoms with van der Waals surface area (Å²) in [5, 5.41) is 0. The van der Waals surface area contributed by atoms with Gasteiger partial charge >= 0.3 is 0 Å². The molecule has 0 aliphatic heterocycles. The minimum absolute atomic E-state index is 0. The molecule has 0 bridgehead atoms. The van der Waals surface area contributed by atoms with Crippen LogP contribution in [0.15, 0.2) is 0 Å². The zero-order chi connectivity index (χ0) is 10.6. The number of hydrogen-bond donors (Lipinski definition) is 3. The van der Waals surface area contributed by atoms with Crippen LogP contribution in [0.2, 0.25) is 0 Å². The fourth-order valence-corrected chi connectivity index (χ4v) is 1.60. The van der Waals surface area contributed by atoms with Gasteiger partial charge in [0, 0.05) is 6.04 Å². The second-order valence-corrected chi connectivity index (χ2v) is 4.04. The molecule has 0 radical (unpaired) electrons. The average Bonchev–Trinajstić information content (AvgIpc) is 2.19. The van der Waals surface area contributed by atoms with Gasteiger partial charge in [-0.25, -0.2) is 0 Å². The lowest BCUT2D eigenvalue weighted by atomic mass is 10.0. The highest BCUT2D eigenvalue weighted by Crippen LogP contribution is 2.08. The zero-order valence-corrected chi connectivity index (χ0v) is 13.1. The van der Waals surface area contributed by atoms with Crippen molar-refractivity contribution in [3.63, 3.8) is 0 Å². The highest BCUT2D eigenvalue weighted by molar-refractivity contribution is 5.86. The van der Waals surface area contributed by atoms with Crippen molar-refractivity contribution in [1.29, 1.82) is 0 Å². The summed E-state index contributed by atoms with van der Waals surface area (Å²) in [6, 6.07) is 0.394. The van der Waals surface area contributed by atoms with E-state index >= 15 is 0 Å². The second-order valence-electron chi connectivity index (χ2n) is 4.04. The number of unbranched alkanes of at least 4 members (excludes halogenated alkanes) is 4. The highest BCUT2D eigenvalue weighted by Gasteiger charge is 2.01. The van der Waals surface area contributed by atoms with Gasteiger partial charge in [-0.15, -0.1) is 37.2 Å². The van der Waals surface area contributed by atoms with Gasteiger partial charge in [0.2, 0.25) is 0 Å². The lowest BCUT2D eigenvalue weighted by molar-refractivity contribution is 0.497. The maximum Gasteiger partial charge on any atom is 0.00388 e. The Hall–Kier alpha value is 0.750. The van der Waals surface area contributed by atoms with Gasteiger partial charge in [0.05, 0.1) is 0 Å². The first-order valence-corrected chi connectivity index (χ1v) is 5.97. The quantitative estimate of drug-likeness (QED) is 0.543. The van der Waals surface area contributed by atoms with Crippen molar-refractivity contribution in [3.8, 4) is 0 Å². The van der Waals surface area contributed by atoms with Gasteiger partial charge < -0.3 is 17.2 Å². The lowest BCUT2D eigenvalue weighted by Crippen LogP contribution is -2.19. The molecule has 3 nitrogen and oxygen atoms in total. The van der Waals surface area contributed by atoms with Gasteiger partial charge in [0.1, 0.15) is 0 Å². The molecule has 0 rings (SSSR count). The third kappa shape index (κ3) is 22.4. The van der Waals surface area contributed by atoms with E-state index in [1.54, 1.807) is 0 Å². The van der Waals surface area contributed by atoms with Gasteiger partial charge in [-0.2, -0.15) is 0 Å². The molecular formula is C11H30Cl3N3. The second kappa shape index (κ2) is 22.0. The molecule has 0 aliphatic carbocycles. The maximum atomic E-state index is 5.98. The molecule has 0 saturated carbocycles. The van der Waals surface area contributed by atoms with E-state index in [2.05, 4.69) is 0 Å². The normalized spacial score (nSPS) is 9.18. The van der Waals surface area contributed by atoms with Crippen molar-refractivity contribution in [3.05, 3.63) is 0 Å². The van der Waals surface area contributed by atoms with Crippen molar-refractivity contribution in [2.45, 2.75) is 57.4 Å². The van der Waals surface area contributed by atoms with Crippen LogP contribution < -0.4 is 17.2 Å². The summed E-state index contributed by atoms with van der Waals surface area (Å²) in [4.78, 5) is 0. The van der Waals surface area contributed by atoms with Crippen molar-refractivity contribution >= 4 is 37.2 Å². The van der Waals surface area contributed by atoms with Crippen LogP contribution in [0.25, 0.3) is 0 Å². The fraction of sp³-hybridized carbons (Fsp3) is 1.00. The van der Waals surface area contributed by atoms with Crippen LogP contribution in [0.4, 0.5) is 0 Å². The maximum absolute atomic E-state index is 5.98. The zero-order valence-electron chi connectivity index (χ0n) is 10.6. The standard InChI is InChI=1S/C11H27N3.3ClH/c12-9-5-1-3-7-11(14)8-4-2-6-10-13;;;/h11H,1-10,12-14H2;3*1H. The molecule has 0 unspecified atom stereocenters. The molecule has 0 aromatic heterocycles. The number of halogens is 3. The Labute approximate surface area is 125 Å². The van der Waals surface area contributed by atoms with Gasteiger partial charge in [-0.05, 0) is 38.8 Å². The van der Waals surface area contributed by atoms with Gasteiger partial charge in [-0.1, -0.05) is 25.7 Å². The predicted molar refractivity (Wildman–Crippen MR) is 84.8 cm³/mol. The van der Waals surface area contributed by atoms with E-state index in [4.69, 9.17) is 17.2 Å². The third-order valence-corrected chi connectivity index (χ3v) is 2.56. The topological polar surface area (TPSA) is 78.1 Å². The molecular weight excluding hydrogens is 281 g/mol. The van der Waals surface area contributed by atoms with Crippen LogP contribution in [-0.2, 0) is 0 Å². The SMILES string of the molecule is Cl.Cl.Cl.NCCCCCC(N)CCCCCN. The molecule has 0 aliphatic rings. The molecule has 110 valence electrons. The van der Waals surface area contributed by atoms with Crippen LogP contribution in [0, 0.1) is 0 Å². The number of hydrogen-bond acceptors (Lipinski definition) is 3. The summed E-state index contributed by atoms with van der Waals surface area (Å²) in [6.45, 7) is 1.62. The summed E-state index contributed by atoms with van der Waals surface area (Å²) in [5.74, 6) is 0. The summed E-state index contributed by atoms with van der Waals surface area (Å²) >= 11 is 0. The molecule has 6 heteroatoms. The summed E-state index contributed by atoms with van der Waals surface area (Å²) < 4.78 is 0. The molecule has 0 saturated heterocycles. The Morgan fingerprint density at radius 3 is 1.24 bits per heavy atom. The molecule has 6 N–H and O–H groups in total. The van der Waals surface area contributed by atoms with Crippen LogP contribution in [0.1, 0.15) is 51.4 Å². The van der Waals surface area contributed by atoms with Gasteiger partial charge in [0.25, 0.3) is 0 Å². The van der Waals surface area contributed by atoms with Crippen LogP contribution in [-0.4, -0.2) is 19.1 Å². The first-order valence-electron chi connectivity index (χ1n) is 5.97. The summed E-state index contributed by atoms with van der Waals surface area (Å²) in [5.41, 5.74) is 16.8.